The number of rotatable bonds is 6. The second-order valence-corrected chi connectivity index (χ2v) is 17.5. The van der Waals surface area contributed by atoms with Gasteiger partial charge in [0.05, 0.1) is 29.6 Å². The van der Waals surface area contributed by atoms with Crippen LogP contribution in [0.5, 0.6) is 11.5 Å². The highest BCUT2D eigenvalue weighted by Gasteiger charge is 2.64. The van der Waals surface area contributed by atoms with E-state index in [1.54, 1.807) is 14.0 Å². The van der Waals surface area contributed by atoms with Crippen molar-refractivity contribution in [3.8, 4) is 11.5 Å². The van der Waals surface area contributed by atoms with E-state index >= 15 is 0 Å². The third-order valence-electron chi connectivity index (χ3n) is 11.7. The van der Waals surface area contributed by atoms with Crippen LogP contribution >= 0.6 is 0 Å². The number of methoxy groups -OCH3 is 1. The van der Waals surface area contributed by atoms with Crippen molar-refractivity contribution in [3.63, 3.8) is 0 Å². The number of carbonyl (C=O) groups excluding carboxylic acids is 3. The van der Waals surface area contributed by atoms with Crippen LogP contribution in [-0.2, 0) is 37.2 Å². The van der Waals surface area contributed by atoms with Crippen LogP contribution < -0.4 is 24.8 Å². The number of nitrogens with one attached hydrogen (secondary N) is 3. The zero-order valence-electron chi connectivity index (χ0n) is 29.8. The summed E-state index contributed by atoms with van der Waals surface area (Å²) in [7, 11) is -2.39. The predicted octanol–water partition coefficient (Wildman–Crippen LogP) is 3.50. The van der Waals surface area contributed by atoms with Gasteiger partial charge in [0.2, 0.25) is 21.8 Å². The number of amides is 4. The van der Waals surface area contributed by atoms with E-state index in [0.717, 1.165) is 35.0 Å². The van der Waals surface area contributed by atoms with E-state index in [9.17, 15) is 32.7 Å². The molecule has 1 spiro atoms. The van der Waals surface area contributed by atoms with Gasteiger partial charge in [-0.15, -0.1) is 0 Å². The first-order valence-corrected chi connectivity index (χ1v) is 19.8. The van der Waals surface area contributed by atoms with E-state index in [0.29, 0.717) is 56.4 Å². The van der Waals surface area contributed by atoms with Gasteiger partial charge in [0, 0.05) is 23.3 Å². The number of aryl methyl sites for hydroxylation is 2. The van der Waals surface area contributed by atoms with E-state index < -0.39 is 67.7 Å². The maximum Gasteiger partial charge on any atom is 0.405 e. The molecule has 5 atom stereocenters. The SMILES string of the molecule is CCc1nc2ccc(OC)cc2c2c1O[C@]1(CC2)C[C@H]2C(=O)N[C@]3(C(=O)NS(=O)(=O)C4(C)CC4)C[C@H]3C=CCCCCC[C@H](NC(=O)O)C(=O)N2C1. The molecule has 2 aromatic rings. The Labute approximate surface area is 303 Å². The van der Waals surface area contributed by atoms with Crippen LogP contribution in [-0.4, -0.2) is 88.8 Å². The number of hydrogen-bond acceptors (Lipinski definition) is 9. The number of nitrogens with zero attached hydrogens (tertiary/aromatic N) is 2. The molecule has 2 aliphatic carbocycles. The molecular formula is C37H47N5O9S. The Morgan fingerprint density at radius 3 is 2.65 bits per heavy atom. The molecule has 1 saturated heterocycles. The van der Waals surface area contributed by atoms with Gasteiger partial charge in [-0.3, -0.25) is 19.1 Å². The molecule has 7 rings (SSSR count). The monoisotopic (exact) mass is 737 g/mol. The van der Waals surface area contributed by atoms with Crippen LogP contribution in [0.4, 0.5) is 4.79 Å². The second-order valence-electron chi connectivity index (χ2n) is 15.3. The normalized spacial score (nSPS) is 29.8. The molecule has 280 valence electrons. The first-order valence-electron chi connectivity index (χ1n) is 18.3. The number of pyridine rings is 1. The van der Waals surface area contributed by atoms with E-state index in [4.69, 9.17) is 14.5 Å². The summed E-state index contributed by atoms with van der Waals surface area (Å²) in [6.45, 7) is 3.58. The maximum atomic E-state index is 14.5. The molecule has 5 aliphatic rings. The van der Waals surface area contributed by atoms with Crippen LogP contribution in [0, 0.1) is 5.92 Å². The molecule has 0 unspecified atom stereocenters. The van der Waals surface area contributed by atoms with E-state index in [1.165, 1.54) is 4.90 Å². The van der Waals surface area contributed by atoms with Crippen LogP contribution in [0.25, 0.3) is 10.9 Å². The Balaban J connectivity index is 1.25. The predicted molar refractivity (Wildman–Crippen MR) is 190 cm³/mol. The van der Waals surface area contributed by atoms with Crippen LogP contribution in [0.3, 0.4) is 0 Å². The van der Waals surface area contributed by atoms with E-state index in [2.05, 4.69) is 15.4 Å². The number of sulfonamides is 1. The molecule has 4 amide bonds. The molecule has 4 N–H and O–H groups in total. The van der Waals surface area contributed by atoms with Gasteiger partial charge in [0.25, 0.3) is 5.91 Å². The van der Waals surface area contributed by atoms with Crippen molar-refractivity contribution in [1.29, 1.82) is 0 Å². The number of carbonyl (C=O) groups is 4. The number of allylic oxidation sites excluding steroid dienone is 1. The summed E-state index contributed by atoms with van der Waals surface area (Å²) in [6.07, 6.45) is 8.22. The Kier molecular flexibility index (Phi) is 9.15. The molecule has 0 radical (unpaired) electrons. The van der Waals surface area contributed by atoms with Gasteiger partial charge in [-0.25, -0.2) is 18.2 Å². The minimum Gasteiger partial charge on any atom is -0.497 e. The lowest BCUT2D eigenvalue weighted by atomic mass is 9.87. The van der Waals surface area contributed by atoms with Crippen LogP contribution in [0.1, 0.15) is 89.3 Å². The number of aromatic nitrogens is 1. The average molecular weight is 738 g/mol. The van der Waals surface area contributed by atoms with Crippen LogP contribution in [0.15, 0.2) is 30.4 Å². The topological polar surface area (TPSA) is 193 Å². The smallest absolute Gasteiger partial charge is 0.405 e. The van der Waals surface area contributed by atoms with Crippen molar-refractivity contribution in [3.05, 3.63) is 41.6 Å². The van der Waals surface area contributed by atoms with Crippen molar-refractivity contribution in [2.75, 3.05) is 13.7 Å². The third kappa shape index (κ3) is 6.45. The summed E-state index contributed by atoms with van der Waals surface area (Å²) in [5, 5.41) is 15.9. The maximum absolute atomic E-state index is 14.5. The molecule has 3 fully saturated rings. The molecule has 1 aromatic heterocycles. The lowest BCUT2D eigenvalue weighted by molar-refractivity contribution is -0.141. The van der Waals surface area contributed by atoms with Gasteiger partial charge in [-0.1, -0.05) is 31.9 Å². The molecule has 52 heavy (non-hydrogen) atoms. The molecule has 15 heteroatoms. The largest absolute Gasteiger partial charge is 0.497 e. The Bertz CT molecular complexity index is 1960. The van der Waals surface area contributed by atoms with Gasteiger partial charge in [-0.2, -0.15) is 0 Å². The summed E-state index contributed by atoms with van der Waals surface area (Å²) in [6, 6.07) is 3.47. The Morgan fingerprint density at radius 1 is 1.15 bits per heavy atom. The lowest BCUT2D eigenvalue weighted by Crippen LogP contribution is -2.58. The highest BCUT2D eigenvalue weighted by atomic mass is 32.2. The zero-order valence-corrected chi connectivity index (χ0v) is 30.6. The van der Waals surface area contributed by atoms with Crippen molar-refractivity contribution in [2.24, 2.45) is 5.92 Å². The zero-order chi connectivity index (χ0) is 37.1. The molecule has 3 aliphatic heterocycles. The highest BCUT2D eigenvalue weighted by molar-refractivity contribution is 7.91. The standard InChI is InChI=1S/C37H47N5O9S/c1-4-26-30-24(25-18-23(50-3)12-13-27(25)38-26)14-15-36(51-30)20-29-31(43)40-37(33(45)41-52(48,49)35(2)16-17-35)19-22(37)10-8-6-5-7-9-11-28(39-34(46)47)32(44)42(29)21-36/h8,10,12-13,18,22,28-29,39H,4-7,9,11,14-17,19-21H2,1-3H3,(H,40,43)(H,41,45)(H,46,47)/t22-,28+,29+,36-,37-/m1/s1. The highest BCUT2D eigenvalue weighted by Crippen LogP contribution is 2.49. The van der Waals surface area contributed by atoms with Crippen molar-refractivity contribution in [2.45, 2.75) is 119 Å². The van der Waals surface area contributed by atoms with Gasteiger partial charge >= 0.3 is 6.09 Å². The molecular weight excluding hydrogens is 690 g/mol. The molecule has 2 saturated carbocycles. The first-order chi connectivity index (χ1) is 24.7. The second kappa shape index (κ2) is 13.2. The summed E-state index contributed by atoms with van der Waals surface area (Å²) < 4.78 is 39.9. The van der Waals surface area contributed by atoms with Gasteiger partial charge in [0.1, 0.15) is 34.7 Å². The molecule has 14 nitrogen and oxygen atoms in total. The van der Waals surface area contributed by atoms with Crippen molar-refractivity contribution < 1.29 is 42.2 Å². The fourth-order valence-corrected chi connectivity index (χ4v) is 9.40. The molecule has 0 bridgehead atoms. The minimum absolute atomic E-state index is 0.00965. The lowest BCUT2D eigenvalue weighted by Gasteiger charge is -2.37. The fraction of sp³-hybridized carbons (Fsp3) is 0.595. The Hall–Kier alpha value is -4.40. The van der Waals surface area contributed by atoms with Gasteiger partial charge in [-0.05, 0) is 82.9 Å². The summed E-state index contributed by atoms with van der Waals surface area (Å²) in [5.41, 5.74) is -0.0185. The Morgan fingerprint density at radius 2 is 1.94 bits per heavy atom. The van der Waals surface area contributed by atoms with Crippen molar-refractivity contribution in [1.82, 2.24) is 25.2 Å². The minimum atomic E-state index is -3.99. The fourth-order valence-electron chi connectivity index (χ4n) is 8.09. The van der Waals surface area contributed by atoms with Crippen molar-refractivity contribution >= 4 is 44.7 Å². The number of fused-ring (bicyclic) bond motifs is 5. The van der Waals surface area contributed by atoms with Gasteiger partial charge < -0.3 is 30.1 Å². The number of carboxylic acid groups (broad SMARTS) is 1. The van der Waals surface area contributed by atoms with E-state index in [1.807, 2.05) is 37.3 Å². The quantitative estimate of drug-likeness (QED) is 0.319. The number of hydrogen-bond donors (Lipinski definition) is 4. The van der Waals surface area contributed by atoms with Crippen LogP contribution in [0.2, 0.25) is 0 Å². The number of ether oxygens (including phenoxy) is 2. The summed E-state index contributed by atoms with van der Waals surface area (Å²) in [4.78, 5) is 60.9. The summed E-state index contributed by atoms with van der Waals surface area (Å²) >= 11 is 0. The first kappa shape index (κ1) is 36.0. The van der Waals surface area contributed by atoms with E-state index in [-0.39, 0.29) is 25.8 Å². The van der Waals surface area contributed by atoms with Gasteiger partial charge in [0.15, 0.2) is 0 Å². The molecule has 1 aromatic carbocycles. The third-order valence-corrected chi connectivity index (χ3v) is 13.9. The molecule has 4 heterocycles. The number of benzene rings is 1. The summed E-state index contributed by atoms with van der Waals surface area (Å²) in [5.74, 6) is -1.13. The average Bonchev–Trinajstić information content (AvgIpc) is 4.00.